The Labute approximate surface area is 88.6 Å². The minimum absolute atomic E-state index is 0.257. The van der Waals surface area contributed by atoms with Gasteiger partial charge in [0.1, 0.15) is 0 Å². The molecule has 1 aliphatic carbocycles. The predicted molar refractivity (Wildman–Crippen MR) is 56.7 cm³/mol. The summed E-state index contributed by atoms with van der Waals surface area (Å²) in [7, 11) is 0. The molecule has 1 aromatic rings. The van der Waals surface area contributed by atoms with E-state index in [2.05, 4.69) is 4.98 Å². The molecule has 0 aliphatic heterocycles. The van der Waals surface area contributed by atoms with E-state index in [4.69, 9.17) is 0 Å². The van der Waals surface area contributed by atoms with E-state index in [0.29, 0.717) is 12.5 Å². The molecular formula is C11H16N2O2. The molecule has 1 atom stereocenters. The fourth-order valence-electron chi connectivity index (χ4n) is 1.81. The molecule has 0 spiro atoms. The Balaban J connectivity index is 2.23. The molecule has 0 radical (unpaired) electrons. The Kier molecular flexibility index (Phi) is 2.61. The zero-order chi connectivity index (χ0) is 11.0. The molecule has 0 amide bonds. The minimum Gasteiger partial charge on any atom is -0.391 e. The zero-order valence-corrected chi connectivity index (χ0v) is 9.10. The first kappa shape index (κ1) is 10.4. The number of aliphatic hydroxyl groups excluding tert-OH is 1. The molecule has 1 unspecified atom stereocenters. The molecule has 1 fully saturated rings. The largest absolute Gasteiger partial charge is 0.391 e. The van der Waals surface area contributed by atoms with Crippen molar-refractivity contribution in [3.8, 4) is 0 Å². The van der Waals surface area contributed by atoms with Gasteiger partial charge in [0.05, 0.1) is 12.6 Å². The van der Waals surface area contributed by atoms with Gasteiger partial charge in [0.15, 0.2) is 0 Å². The van der Waals surface area contributed by atoms with Crippen LogP contribution in [-0.2, 0) is 6.54 Å². The highest BCUT2D eigenvalue weighted by Gasteiger charge is 2.30. The second-order valence-corrected chi connectivity index (χ2v) is 4.34. The topological polar surface area (TPSA) is 55.1 Å². The van der Waals surface area contributed by atoms with E-state index in [9.17, 15) is 9.90 Å². The third kappa shape index (κ3) is 2.26. The lowest BCUT2D eigenvalue weighted by Crippen LogP contribution is -2.31. The van der Waals surface area contributed by atoms with Crippen molar-refractivity contribution < 1.29 is 5.11 Å². The van der Waals surface area contributed by atoms with Gasteiger partial charge in [-0.05, 0) is 38.7 Å². The standard InChI is InChI=1S/C11H16N2O2/c1-7-5-8(2)13(11(15)12-7)6-10(14)9-3-4-9/h5,9-10,14H,3-4,6H2,1-2H3. The average molecular weight is 208 g/mol. The van der Waals surface area contributed by atoms with E-state index in [0.717, 1.165) is 24.2 Å². The highest BCUT2D eigenvalue weighted by atomic mass is 16.3. The van der Waals surface area contributed by atoms with E-state index in [-0.39, 0.29) is 5.69 Å². The lowest BCUT2D eigenvalue weighted by Gasteiger charge is -2.13. The maximum atomic E-state index is 11.6. The number of nitrogens with zero attached hydrogens (tertiary/aromatic N) is 2. The van der Waals surface area contributed by atoms with Gasteiger partial charge < -0.3 is 5.11 Å². The molecule has 4 nitrogen and oxygen atoms in total. The summed E-state index contributed by atoms with van der Waals surface area (Å²) in [6.45, 7) is 4.05. The highest BCUT2D eigenvalue weighted by Crippen LogP contribution is 2.33. The molecule has 1 N–H and O–H groups in total. The van der Waals surface area contributed by atoms with Gasteiger partial charge in [-0.2, -0.15) is 4.98 Å². The molecule has 2 rings (SSSR count). The summed E-state index contributed by atoms with van der Waals surface area (Å²) in [6, 6.07) is 1.86. The highest BCUT2D eigenvalue weighted by molar-refractivity contribution is 5.06. The van der Waals surface area contributed by atoms with Crippen molar-refractivity contribution in [2.24, 2.45) is 5.92 Å². The summed E-state index contributed by atoms with van der Waals surface area (Å²) in [6.07, 6.45) is 1.76. The molecule has 0 bridgehead atoms. The van der Waals surface area contributed by atoms with Crippen LogP contribution in [0.2, 0.25) is 0 Å². The van der Waals surface area contributed by atoms with Gasteiger partial charge in [0, 0.05) is 11.4 Å². The van der Waals surface area contributed by atoms with Gasteiger partial charge in [-0.3, -0.25) is 4.57 Å². The molecule has 1 aromatic heterocycles. The lowest BCUT2D eigenvalue weighted by molar-refractivity contribution is 0.129. The minimum atomic E-state index is -0.397. The maximum absolute atomic E-state index is 11.6. The van der Waals surface area contributed by atoms with Crippen LogP contribution < -0.4 is 5.69 Å². The van der Waals surface area contributed by atoms with Crippen LogP contribution in [0, 0.1) is 19.8 Å². The SMILES string of the molecule is Cc1cc(C)n(CC(O)C2CC2)c(=O)n1. The molecule has 0 aromatic carbocycles. The summed E-state index contributed by atoms with van der Waals surface area (Å²) < 4.78 is 1.55. The van der Waals surface area contributed by atoms with Crippen LogP contribution in [0.25, 0.3) is 0 Å². The fraction of sp³-hybridized carbons (Fsp3) is 0.636. The summed E-state index contributed by atoms with van der Waals surface area (Å²) in [4.78, 5) is 15.4. The monoisotopic (exact) mass is 208 g/mol. The number of aromatic nitrogens is 2. The van der Waals surface area contributed by atoms with Crippen LogP contribution in [0.15, 0.2) is 10.9 Å². The van der Waals surface area contributed by atoms with Crippen molar-refractivity contribution in [3.63, 3.8) is 0 Å². The molecule has 82 valence electrons. The van der Waals surface area contributed by atoms with E-state index in [1.807, 2.05) is 13.0 Å². The van der Waals surface area contributed by atoms with E-state index < -0.39 is 6.10 Å². The van der Waals surface area contributed by atoms with Crippen molar-refractivity contribution in [1.29, 1.82) is 0 Å². The Hall–Kier alpha value is -1.16. The maximum Gasteiger partial charge on any atom is 0.348 e. The van der Waals surface area contributed by atoms with Crippen LogP contribution in [0.1, 0.15) is 24.2 Å². The first-order valence-corrected chi connectivity index (χ1v) is 5.31. The van der Waals surface area contributed by atoms with Gasteiger partial charge in [0.2, 0.25) is 0 Å². The van der Waals surface area contributed by atoms with Crippen molar-refractivity contribution in [2.75, 3.05) is 0 Å². The van der Waals surface area contributed by atoms with Crippen LogP contribution in [-0.4, -0.2) is 20.8 Å². The number of hydrogen-bond acceptors (Lipinski definition) is 3. The van der Waals surface area contributed by atoms with E-state index >= 15 is 0 Å². The number of hydrogen-bond donors (Lipinski definition) is 1. The van der Waals surface area contributed by atoms with Gasteiger partial charge in [0.25, 0.3) is 0 Å². The summed E-state index contributed by atoms with van der Waals surface area (Å²) in [5.74, 6) is 0.387. The Morgan fingerprint density at radius 1 is 1.60 bits per heavy atom. The van der Waals surface area contributed by atoms with Crippen molar-refractivity contribution in [1.82, 2.24) is 9.55 Å². The summed E-state index contributed by atoms with van der Waals surface area (Å²) >= 11 is 0. The smallest absolute Gasteiger partial charge is 0.348 e. The lowest BCUT2D eigenvalue weighted by atomic mass is 10.2. The number of aryl methyl sites for hydroxylation is 2. The van der Waals surface area contributed by atoms with E-state index in [1.54, 1.807) is 11.5 Å². The van der Waals surface area contributed by atoms with Crippen LogP contribution in [0.3, 0.4) is 0 Å². The summed E-state index contributed by atoms with van der Waals surface area (Å²) in [5.41, 5.74) is 1.34. The predicted octanol–water partition coefficient (Wildman–Crippen LogP) is 0.631. The van der Waals surface area contributed by atoms with Crippen LogP contribution >= 0.6 is 0 Å². The molecule has 1 saturated carbocycles. The molecular weight excluding hydrogens is 192 g/mol. The third-order valence-electron chi connectivity index (χ3n) is 2.88. The first-order valence-electron chi connectivity index (χ1n) is 5.31. The molecule has 1 heterocycles. The Bertz CT molecular complexity index is 421. The number of aliphatic hydroxyl groups is 1. The third-order valence-corrected chi connectivity index (χ3v) is 2.88. The molecule has 4 heteroatoms. The van der Waals surface area contributed by atoms with Crippen LogP contribution in [0.5, 0.6) is 0 Å². The van der Waals surface area contributed by atoms with Gasteiger partial charge >= 0.3 is 5.69 Å². The molecule has 1 aliphatic rings. The second kappa shape index (κ2) is 3.77. The molecule has 15 heavy (non-hydrogen) atoms. The van der Waals surface area contributed by atoms with Crippen molar-refractivity contribution in [2.45, 2.75) is 39.3 Å². The van der Waals surface area contributed by atoms with Crippen molar-refractivity contribution in [3.05, 3.63) is 27.9 Å². The Morgan fingerprint density at radius 3 is 2.80 bits per heavy atom. The van der Waals surface area contributed by atoms with Gasteiger partial charge in [-0.25, -0.2) is 4.79 Å². The van der Waals surface area contributed by atoms with Gasteiger partial charge in [-0.1, -0.05) is 0 Å². The number of rotatable bonds is 3. The van der Waals surface area contributed by atoms with Crippen molar-refractivity contribution >= 4 is 0 Å². The molecule has 0 saturated heterocycles. The second-order valence-electron chi connectivity index (χ2n) is 4.34. The summed E-state index contributed by atoms with van der Waals surface area (Å²) in [5, 5.41) is 9.77. The van der Waals surface area contributed by atoms with E-state index in [1.165, 1.54) is 0 Å². The Morgan fingerprint density at radius 2 is 2.27 bits per heavy atom. The zero-order valence-electron chi connectivity index (χ0n) is 9.10. The fourth-order valence-corrected chi connectivity index (χ4v) is 1.81. The van der Waals surface area contributed by atoms with Gasteiger partial charge in [-0.15, -0.1) is 0 Å². The first-order chi connectivity index (χ1) is 7.08. The average Bonchev–Trinajstić information content (AvgIpc) is 2.93. The van der Waals surface area contributed by atoms with Crippen LogP contribution in [0.4, 0.5) is 0 Å². The normalized spacial score (nSPS) is 17.8. The quantitative estimate of drug-likeness (QED) is 0.792.